The van der Waals surface area contributed by atoms with Gasteiger partial charge in [-0.1, -0.05) is 18.2 Å². The van der Waals surface area contributed by atoms with Gasteiger partial charge in [-0.05, 0) is 25.3 Å². The molecule has 88 valence electrons. The molecule has 0 fully saturated rings. The highest BCUT2D eigenvalue weighted by Crippen LogP contribution is 2.27. The average molecular weight is 230 g/mol. The predicted molar refractivity (Wildman–Crippen MR) is 64.0 cm³/mol. The highest BCUT2D eigenvalue weighted by atomic mass is 16.5. The average Bonchev–Trinajstić information content (AvgIpc) is 2.72. The maximum absolute atomic E-state index is 11.8. The molecule has 0 N–H and O–H groups in total. The molecule has 2 heterocycles. The van der Waals surface area contributed by atoms with Crippen LogP contribution < -0.4 is 0 Å². The highest BCUT2D eigenvalue weighted by Gasteiger charge is 2.21. The minimum Gasteiger partial charge on any atom is -0.461 e. The fourth-order valence-corrected chi connectivity index (χ4v) is 2.44. The maximum Gasteiger partial charge on any atom is 0.359 e. The third-order valence-electron chi connectivity index (χ3n) is 3.14. The van der Waals surface area contributed by atoms with Gasteiger partial charge >= 0.3 is 5.97 Å². The molecule has 1 aromatic heterocycles. The third kappa shape index (κ3) is 1.52. The van der Waals surface area contributed by atoms with Crippen molar-refractivity contribution in [2.24, 2.45) is 0 Å². The van der Waals surface area contributed by atoms with Crippen LogP contribution in [0.4, 0.5) is 0 Å². The standard InChI is InChI=1S/C13H14N2O2/c1-2-17-13(16)11-10-7-3-5-9-6-4-8-15(14-11)12(9)10/h3,5,7H,2,4,6,8H2,1H3. The van der Waals surface area contributed by atoms with Crippen molar-refractivity contribution in [3.63, 3.8) is 0 Å². The van der Waals surface area contributed by atoms with Crippen LogP contribution in [-0.4, -0.2) is 22.4 Å². The number of para-hydroxylation sites is 1. The van der Waals surface area contributed by atoms with Gasteiger partial charge in [0.05, 0.1) is 12.1 Å². The van der Waals surface area contributed by atoms with Crippen molar-refractivity contribution in [2.75, 3.05) is 6.61 Å². The lowest BCUT2D eigenvalue weighted by molar-refractivity contribution is 0.0520. The smallest absolute Gasteiger partial charge is 0.359 e. The number of aromatic nitrogens is 2. The molecule has 0 saturated carbocycles. The summed E-state index contributed by atoms with van der Waals surface area (Å²) < 4.78 is 6.97. The summed E-state index contributed by atoms with van der Waals surface area (Å²) in [6, 6.07) is 6.03. The van der Waals surface area contributed by atoms with Crippen molar-refractivity contribution in [2.45, 2.75) is 26.3 Å². The second-order valence-corrected chi connectivity index (χ2v) is 4.21. The fraction of sp³-hybridized carbons (Fsp3) is 0.385. The van der Waals surface area contributed by atoms with Crippen molar-refractivity contribution >= 4 is 16.9 Å². The van der Waals surface area contributed by atoms with Crippen molar-refractivity contribution in [1.29, 1.82) is 0 Å². The molecule has 4 heteroatoms. The van der Waals surface area contributed by atoms with E-state index in [0.717, 1.165) is 30.3 Å². The minimum absolute atomic E-state index is 0.324. The number of benzene rings is 1. The van der Waals surface area contributed by atoms with Crippen LogP contribution in [0.5, 0.6) is 0 Å². The first-order valence-electron chi connectivity index (χ1n) is 5.97. The SMILES string of the molecule is CCOC(=O)c1nn2c3c(cccc13)CCC2. The summed E-state index contributed by atoms with van der Waals surface area (Å²) in [5, 5.41) is 5.30. The van der Waals surface area contributed by atoms with Gasteiger partial charge < -0.3 is 4.74 Å². The van der Waals surface area contributed by atoms with Gasteiger partial charge in [-0.15, -0.1) is 0 Å². The molecule has 3 rings (SSSR count). The highest BCUT2D eigenvalue weighted by molar-refractivity contribution is 6.03. The van der Waals surface area contributed by atoms with E-state index in [9.17, 15) is 4.79 Å². The van der Waals surface area contributed by atoms with Crippen LogP contribution in [0.1, 0.15) is 29.4 Å². The zero-order valence-corrected chi connectivity index (χ0v) is 9.77. The Bertz CT molecular complexity index is 586. The zero-order chi connectivity index (χ0) is 11.8. The van der Waals surface area contributed by atoms with Crippen LogP contribution in [0.15, 0.2) is 18.2 Å². The van der Waals surface area contributed by atoms with Crippen LogP contribution in [0.2, 0.25) is 0 Å². The summed E-state index contributed by atoms with van der Waals surface area (Å²) >= 11 is 0. The lowest BCUT2D eigenvalue weighted by Gasteiger charge is -2.12. The molecule has 1 aliphatic rings. The Morgan fingerprint density at radius 2 is 2.41 bits per heavy atom. The molecule has 0 bridgehead atoms. The third-order valence-corrected chi connectivity index (χ3v) is 3.14. The summed E-state index contributed by atoms with van der Waals surface area (Å²) in [6.07, 6.45) is 2.14. The molecule has 17 heavy (non-hydrogen) atoms. The molecular formula is C13H14N2O2. The van der Waals surface area contributed by atoms with Gasteiger partial charge in [-0.2, -0.15) is 5.10 Å². The normalized spacial score (nSPS) is 13.9. The maximum atomic E-state index is 11.8. The molecule has 1 aliphatic heterocycles. The molecule has 0 unspecified atom stereocenters. The van der Waals surface area contributed by atoms with E-state index in [1.54, 1.807) is 6.92 Å². The van der Waals surface area contributed by atoms with Crippen molar-refractivity contribution in [3.8, 4) is 0 Å². The Balaban J connectivity index is 2.22. The molecule has 4 nitrogen and oxygen atoms in total. The number of esters is 1. The van der Waals surface area contributed by atoms with E-state index in [1.165, 1.54) is 5.56 Å². The molecule has 0 atom stereocenters. The van der Waals surface area contributed by atoms with Crippen LogP contribution in [0.25, 0.3) is 10.9 Å². The second-order valence-electron chi connectivity index (χ2n) is 4.21. The Hall–Kier alpha value is -1.84. The molecular weight excluding hydrogens is 216 g/mol. The van der Waals surface area contributed by atoms with Crippen molar-refractivity contribution in [3.05, 3.63) is 29.5 Å². The van der Waals surface area contributed by atoms with E-state index >= 15 is 0 Å². The number of aryl methyl sites for hydroxylation is 2. The van der Waals surface area contributed by atoms with Crippen LogP contribution in [0.3, 0.4) is 0 Å². The van der Waals surface area contributed by atoms with Gasteiger partial charge in [-0.3, -0.25) is 4.68 Å². The van der Waals surface area contributed by atoms with Gasteiger partial charge in [0.1, 0.15) is 0 Å². The van der Waals surface area contributed by atoms with Gasteiger partial charge in [0.15, 0.2) is 5.69 Å². The van der Waals surface area contributed by atoms with Gasteiger partial charge in [0, 0.05) is 11.9 Å². The predicted octanol–water partition coefficient (Wildman–Crippen LogP) is 2.16. The lowest BCUT2D eigenvalue weighted by atomic mass is 10.0. The molecule has 0 amide bonds. The minimum atomic E-state index is -0.324. The number of carbonyl (C=O) groups excluding carboxylic acids is 1. The molecule has 0 radical (unpaired) electrons. The number of rotatable bonds is 2. The van der Waals surface area contributed by atoms with Gasteiger partial charge in [-0.25, -0.2) is 4.79 Å². The number of ether oxygens (including phenoxy) is 1. The topological polar surface area (TPSA) is 44.1 Å². The van der Waals surface area contributed by atoms with E-state index in [2.05, 4.69) is 11.2 Å². The summed E-state index contributed by atoms with van der Waals surface area (Å²) in [7, 11) is 0. The Morgan fingerprint density at radius 3 is 3.24 bits per heavy atom. The largest absolute Gasteiger partial charge is 0.461 e. The quantitative estimate of drug-likeness (QED) is 0.742. The first-order chi connectivity index (χ1) is 8.31. The summed E-state index contributed by atoms with van der Waals surface area (Å²) in [5.41, 5.74) is 2.82. The van der Waals surface area contributed by atoms with E-state index < -0.39 is 0 Å². The second kappa shape index (κ2) is 3.87. The van der Waals surface area contributed by atoms with E-state index in [-0.39, 0.29) is 5.97 Å². The summed E-state index contributed by atoms with van der Waals surface area (Å²) in [4.78, 5) is 11.8. The first kappa shape index (κ1) is 10.3. The van der Waals surface area contributed by atoms with Gasteiger partial charge in [0.2, 0.25) is 0 Å². The molecule has 0 spiro atoms. The summed E-state index contributed by atoms with van der Waals surface area (Å²) in [6.45, 7) is 3.07. The van der Waals surface area contributed by atoms with Gasteiger partial charge in [0.25, 0.3) is 0 Å². The summed E-state index contributed by atoms with van der Waals surface area (Å²) in [5.74, 6) is -0.324. The molecule has 0 aliphatic carbocycles. The van der Waals surface area contributed by atoms with E-state index in [1.807, 2.05) is 16.8 Å². The number of carbonyl (C=O) groups is 1. The Labute approximate surface area is 99.2 Å². The zero-order valence-electron chi connectivity index (χ0n) is 9.77. The lowest BCUT2D eigenvalue weighted by Crippen LogP contribution is -2.10. The number of nitrogens with zero attached hydrogens (tertiary/aromatic N) is 2. The van der Waals surface area contributed by atoms with E-state index in [0.29, 0.717) is 12.3 Å². The van der Waals surface area contributed by atoms with Crippen molar-refractivity contribution < 1.29 is 9.53 Å². The molecule has 1 aromatic carbocycles. The number of hydrogen-bond donors (Lipinski definition) is 0. The number of hydrogen-bond acceptors (Lipinski definition) is 3. The van der Waals surface area contributed by atoms with Crippen molar-refractivity contribution in [1.82, 2.24) is 9.78 Å². The first-order valence-corrected chi connectivity index (χ1v) is 5.97. The Kier molecular flexibility index (Phi) is 2.35. The monoisotopic (exact) mass is 230 g/mol. The Morgan fingerprint density at radius 1 is 1.53 bits per heavy atom. The van der Waals surface area contributed by atoms with Crippen LogP contribution in [0, 0.1) is 0 Å². The van der Waals surface area contributed by atoms with E-state index in [4.69, 9.17) is 4.74 Å². The fourth-order valence-electron chi connectivity index (χ4n) is 2.44. The molecule has 0 saturated heterocycles. The van der Waals surface area contributed by atoms with Crippen LogP contribution in [-0.2, 0) is 17.7 Å². The van der Waals surface area contributed by atoms with Crippen LogP contribution >= 0.6 is 0 Å². The molecule has 2 aromatic rings.